The lowest BCUT2D eigenvalue weighted by atomic mass is 9.96. The van der Waals surface area contributed by atoms with Gasteiger partial charge in [0.15, 0.2) is 0 Å². The van der Waals surface area contributed by atoms with E-state index in [1.165, 1.54) is 4.80 Å². The number of pyridine rings is 1. The molecule has 1 aromatic carbocycles. The highest BCUT2D eigenvalue weighted by atomic mass is 16.2. The average molecular weight is 375 g/mol. The van der Waals surface area contributed by atoms with Gasteiger partial charge in [0.25, 0.3) is 0 Å². The Morgan fingerprint density at radius 2 is 1.89 bits per heavy atom. The van der Waals surface area contributed by atoms with E-state index >= 15 is 0 Å². The molecule has 2 aromatic heterocycles. The molecule has 1 N–H and O–H groups in total. The third-order valence-electron chi connectivity index (χ3n) is 5.01. The van der Waals surface area contributed by atoms with E-state index in [9.17, 15) is 4.79 Å². The molecule has 1 fully saturated rings. The zero-order chi connectivity index (χ0) is 19.3. The maximum absolute atomic E-state index is 12.2. The van der Waals surface area contributed by atoms with Gasteiger partial charge in [0.2, 0.25) is 5.91 Å². The van der Waals surface area contributed by atoms with E-state index in [1.807, 2.05) is 30.3 Å². The van der Waals surface area contributed by atoms with Crippen molar-refractivity contribution in [1.82, 2.24) is 25.3 Å². The van der Waals surface area contributed by atoms with Crippen LogP contribution >= 0.6 is 0 Å². The molecule has 4 rings (SSSR count). The monoisotopic (exact) mass is 375 g/mol. The number of nitrogens with one attached hydrogen (secondary N) is 1. The predicted molar refractivity (Wildman–Crippen MR) is 104 cm³/mol. The van der Waals surface area contributed by atoms with Crippen molar-refractivity contribution in [3.63, 3.8) is 0 Å². The molecular weight excluding hydrogens is 354 g/mol. The molecule has 0 aliphatic carbocycles. The molecule has 142 valence electrons. The van der Waals surface area contributed by atoms with E-state index in [-0.39, 0.29) is 12.5 Å². The standard InChI is InChI=1S/C20H21N7O/c21-12-16-5-8-22-19(11-16)26-9-6-15(7-10-26)13-23-20(28)14-27-24-17-3-1-2-4-18(17)25-27/h1-5,8,11,15H,6-7,9-10,13-14H2,(H,23,28). The number of hydrogen-bond acceptors (Lipinski definition) is 6. The second-order valence-corrected chi connectivity index (χ2v) is 6.97. The van der Waals surface area contributed by atoms with Gasteiger partial charge in [-0.15, -0.1) is 0 Å². The Morgan fingerprint density at radius 1 is 1.18 bits per heavy atom. The number of nitriles is 1. The summed E-state index contributed by atoms with van der Waals surface area (Å²) in [6, 6.07) is 13.3. The average Bonchev–Trinajstić information content (AvgIpc) is 3.15. The van der Waals surface area contributed by atoms with Gasteiger partial charge >= 0.3 is 0 Å². The van der Waals surface area contributed by atoms with Crippen LogP contribution in [0.25, 0.3) is 11.0 Å². The van der Waals surface area contributed by atoms with Crippen LogP contribution < -0.4 is 10.2 Å². The van der Waals surface area contributed by atoms with E-state index in [2.05, 4.69) is 31.5 Å². The Bertz CT molecular complexity index is 982. The maximum Gasteiger partial charge on any atom is 0.243 e. The second kappa shape index (κ2) is 8.05. The first-order valence-corrected chi connectivity index (χ1v) is 9.39. The summed E-state index contributed by atoms with van der Waals surface area (Å²) in [5, 5.41) is 20.7. The van der Waals surface area contributed by atoms with Crippen LogP contribution in [-0.2, 0) is 11.3 Å². The zero-order valence-corrected chi connectivity index (χ0v) is 15.5. The first kappa shape index (κ1) is 17.9. The number of nitrogens with zero attached hydrogens (tertiary/aromatic N) is 6. The van der Waals surface area contributed by atoms with Crippen LogP contribution in [0.3, 0.4) is 0 Å². The number of carbonyl (C=O) groups excluding carboxylic acids is 1. The first-order valence-electron chi connectivity index (χ1n) is 9.39. The fraction of sp³-hybridized carbons (Fsp3) is 0.350. The highest BCUT2D eigenvalue weighted by Crippen LogP contribution is 2.21. The Hall–Kier alpha value is -3.47. The van der Waals surface area contributed by atoms with Gasteiger partial charge in [0.05, 0.1) is 11.6 Å². The summed E-state index contributed by atoms with van der Waals surface area (Å²) >= 11 is 0. The van der Waals surface area contributed by atoms with Crippen LogP contribution in [0.2, 0.25) is 0 Å². The van der Waals surface area contributed by atoms with Gasteiger partial charge in [-0.3, -0.25) is 4.79 Å². The van der Waals surface area contributed by atoms with E-state index in [1.54, 1.807) is 12.3 Å². The molecule has 8 heteroatoms. The molecule has 1 amide bonds. The van der Waals surface area contributed by atoms with Crippen LogP contribution in [0.5, 0.6) is 0 Å². The first-order chi connectivity index (χ1) is 13.7. The fourth-order valence-electron chi connectivity index (χ4n) is 3.44. The number of amides is 1. The number of piperidine rings is 1. The zero-order valence-electron chi connectivity index (χ0n) is 15.5. The summed E-state index contributed by atoms with van der Waals surface area (Å²) in [5.74, 6) is 1.20. The summed E-state index contributed by atoms with van der Waals surface area (Å²) in [4.78, 5) is 20.2. The Morgan fingerprint density at radius 3 is 2.57 bits per heavy atom. The fourth-order valence-corrected chi connectivity index (χ4v) is 3.44. The molecule has 1 aliphatic heterocycles. The topological polar surface area (TPSA) is 99.7 Å². The quantitative estimate of drug-likeness (QED) is 0.729. The summed E-state index contributed by atoms with van der Waals surface area (Å²) in [5.41, 5.74) is 2.20. The van der Waals surface area contributed by atoms with Gasteiger partial charge in [-0.25, -0.2) is 4.98 Å². The van der Waals surface area contributed by atoms with E-state index in [0.717, 1.165) is 42.8 Å². The van der Waals surface area contributed by atoms with E-state index in [0.29, 0.717) is 18.0 Å². The predicted octanol–water partition coefficient (Wildman–Crippen LogP) is 1.73. The SMILES string of the molecule is N#Cc1ccnc(N2CCC(CNC(=O)Cn3nc4ccccc4n3)CC2)c1. The van der Waals surface area contributed by atoms with Crippen molar-refractivity contribution in [2.45, 2.75) is 19.4 Å². The Kier molecular flexibility index (Phi) is 5.15. The Balaban J connectivity index is 1.24. The largest absolute Gasteiger partial charge is 0.357 e. The molecule has 0 bridgehead atoms. The number of carbonyl (C=O) groups is 1. The second-order valence-electron chi connectivity index (χ2n) is 6.97. The van der Waals surface area contributed by atoms with Gasteiger partial charge in [0.1, 0.15) is 23.4 Å². The molecule has 1 saturated heterocycles. The third kappa shape index (κ3) is 4.09. The highest BCUT2D eigenvalue weighted by molar-refractivity contribution is 5.77. The number of anilines is 1. The van der Waals surface area contributed by atoms with Crippen LogP contribution in [0.15, 0.2) is 42.6 Å². The molecule has 0 radical (unpaired) electrons. The molecule has 1 aliphatic rings. The third-order valence-corrected chi connectivity index (χ3v) is 5.01. The molecular formula is C20H21N7O. The van der Waals surface area contributed by atoms with Crippen molar-refractivity contribution < 1.29 is 4.79 Å². The lowest BCUT2D eigenvalue weighted by Crippen LogP contribution is -2.39. The van der Waals surface area contributed by atoms with Gasteiger partial charge in [0, 0.05) is 25.8 Å². The molecule has 0 spiro atoms. The normalized spacial score (nSPS) is 14.8. The molecule has 0 saturated carbocycles. The smallest absolute Gasteiger partial charge is 0.243 e. The minimum atomic E-state index is -0.0777. The van der Waals surface area contributed by atoms with Crippen molar-refractivity contribution >= 4 is 22.8 Å². The van der Waals surface area contributed by atoms with Crippen molar-refractivity contribution in [3.8, 4) is 6.07 Å². The van der Waals surface area contributed by atoms with Crippen LogP contribution in [0, 0.1) is 17.2 Å². The number of fused-ring (bicyclic) bond motifs is 1. The molecule has 0 atom stereocenters. The van der Waals surface area contributed by atoms with Crippen LogP contribution in [-0.4, -0.2) is 45.5 Å². The molecule has 3 heterocycles. The minimum absolute atomic E-state index is 0.0777. The molecule has 3 aromatic rings. The summed E-state index contributed by atoms with van der Waals surface area (Å²) < 4.78 is 0. The molecule has 0 unspecified atom stereocenters. The lowest BCUT2D eigenvalue weighted by molar-refractivity contribution is -0.122. The lowest BCUT2D eigenvalue weighted by Gasteiger charge is -2.32. The number of rotatable bonds is 5. The van der Waals surface area contributed by atoms with Gasteiger partial charge < -0.3 is 10.2 Å². The van der Waals surface area contributed by atoms with Crippen LogP contribution in [0.4, 0.5) is 5.82 Å². The van der Waals surface area contributed by atoms with Crippen molar-refractivity contribution in [3.05, 3.63) is 48.2 Å². The van der Waals surface area contributed by atoms with E-state index < -0.39 is 0 Å². The van der Waals surface area contributed by atoms with Gasteiger partial charge in [-0.2, -0.15) is 20.3 Å². The number of hydrogen-bond donors (Lipinski definition) is 1. The number of benzene rings is 1. The van der Waals surface area contributed by atoms with E-state index in [4.69, 9.17) is 5.26 Å². The summed E-state index contributed by atoms with van der Waals surface area (Å²) in [7, 11) is 0. The van der Waals surface area contributed by atoms with Crippen molar-refractivity contribution in [2.75, 3.05) is 24.5 Å². The summed E-state index contributed by atoms with van der Waals surface area (Å²) in [6.45, 7) is 2.51. The molecule has 8 nitrogen and oxygen atoms in total. The minimum Gasteiger partial charge on any atom is -0.357 e. The van der Waals surface area contributed by atoms with Gasteiger partial charge in [-0.05, 0) is 43.0 Å². The van der Waals surface area contributed by atoms with Crippen molar-refractivity contribution in [2.24, 2.45) is 5.92 Å². The van der Waals surface area contributed by atoms with Crippen molar-refractivity contribution in [1.29, 1.82) is 5.26 Å². The summed E-state index contributed by atoms with van der Waals surface area (Å²) in [6.07, 6.45) is 3.62. The molecule has 28 heavy (non-hydrogen) atoms. The highest BCUT2D eigenvalue weighted by Gasteiger charge is 2.21. The van der Waals surface area contributed by atoms with Gasteiger partial charge in [-0.1, -0.05) is 12.1 Å². The maximum atomic E-state index is 12.2. The number of aromatic nitrogens is 4. The van der Waals surface area contributed by atoms with Crippen LogP contribution in [0.1, 0.15) is 18.4 Å². The Labute approximate surface area is 162 Å².